The van der Waals surface area contributed by atoms with Crippen molar-refractivity contribution in [3.8, 4) is 0 Å². The van der Waals surface area contributed by atoms with Gasteiger partial charge in [-0.15, -0.1) is 0 Å². The summed E-state index contributed by atoms with van der Waals surface area (Å²) in [4.78, 5) is 0. The number of nitrogens with two attached hydrogens (primary N) is 1. The molecule has 0 rings (SSSR count). The fourth-order valence-corrected chi connectivity index (χ4v) is 0. The summed E-state index contributed by atoms with van der Waals surface area (Å²) in [6, 6.07) is 0. The van der Waals surface area contributed by atoms with Crippen molar-refractivity contribution < 1.29 is 0 Å². The molecular formula is C5H16N2. The minimum absolute atomic E-state index is 0.819. The second-order valence-corrected chi connectivity index (χ2v) is 1.29. The molecule has 46 valence electrons. The van der Waals surface area contributed by atoms with Gasteiger partial charge >= 0.3 is 0 Å². The van der Waals surface area contributed by atoms with Gasteiger partial charge in [-0.3, -0.25) is 0 Å². The Balaban J connectivity index is 0. The van der Waals surface area contributed by atoms with Gasteiger partial charge in [-0.05, 0) is 27.1 Å². The maximum Gasteiger partial charge on any atom is -0.00799 e. The molecule has 0 bridgehead atoms. The maximum absolute atomic E-state index is 5.03. The van der Waals surface area contributed by atoms with Crippen LogP contribution in [0.2, 0.25) is 0 Å². The van der Waals surface area contributed by atoms with Crippen LogP contribution in [0.5, 0.6) is 0 Å². The van der Waals surface area contributed by atoms with Gasteiger partial charge < -0.3 is 11.1 Å². The first-order valence-electron chi connectivity index (χ1n) is 2.62. The smallest absolute Gasteiger partial charge is 0.00799 e. The van der Waals surface area contributed by atoms with Gasteiger partial charge in [0.05, 0.1) is 0 Å². The van der Waals surface area contributed by atoms with Crippen molar-refractivity contribution in [1.29, 1.82) is 0 Å². The molecule has 0 amide bonds. The zero-order chi connectivity index (χ0) is 6.12. The molecule has 0 aliphatic rings. The maximum atomic E-state index is 5.03. The Bertz CT molecular complexity index is 13.6. The Morgan fingerprint density at radius 1 is 1.43 bits per heavy atom. The molecular weight excluding hydrogens is 88.1 g/mol. The van der Waals surface area contributed by atoms with Crippen LogP contribution in [0.4, 0.5) is 0 Å². The van der Waals surface area contributed by atoms with Gasteiger partial charge in [0, 0.05) is 0 Å². The molecule has 0 spiro atoms. The van der Waals surface area contributed by atoms with Crippen LogP contribution in [-0.4, -0.2) is 20.6 Å². The highest BCUT2D eigenvalue weighted by atomic mass is 14.7. The van der Waals surface area contributed by atoms with E-state index in [1.807, 2.05) is 14.1 Å². The number of rotatable bonds is 1. The minimum atomic E-state index is 0.819. The quantitative estimate of drug-likeness (QED) is 0.498. The Labute approximate surface area is 46.1 Å². The predicted octanol–water partition coefficient (Wildman–Crippen LogP) is 0.191. The van der Waals surface area contributed by atoms with Crippen LogP contribution in [0, 0.1) is 0 Å². The van der Waals surface area contributed by atoms with Crippen molar-refractivity contribution in [2.24, 2.45) is 5.73 Å². The van der Waals surface area contributed by atoms with Crippen molar-refractivity contribution in [2.75, 3.05) is 20.6 Å². The van der Waals surface area contributed by atoms with Crippen LogP contribution < -0.4 is 11.1 Å². The Morgan fingerprint density at radius 2 is 1.57 bits per heavy atom. The number of nitrogens with one attached hydrogen (secondary N) is 1. The lowest BCUT2D eigenvalue weighted by atomic mass is 10.5. The average Bonchev–Trinajstić information content (AvgIpc) is 1.69. The lowest BCUT2D eigenvalue weighted by Gasteiger charge is -1.70. The monoisotopic (exact) mass is 104 g/mol. The molecule has 0 aliphatic carbocycles. The molecule has 2 heteroatoms. The van der Waals surface area contributed by atoms with E-state index in [0.29, 0.717) is 0 Å². The second kappa shape index (κ2) is 16.8. The topological polar surface area (TPSA) is 38.0 Å². The highest BCUT2D eigenvalue weighted by Gasteiger charge is 1.55. The van der Waals surface area contributed by atoms with E-state index in [4.69, 9.17) is 5.73 Å². The second-order valence-electron chi connectivity index (χ2n) is 1.29. The van der Waals surface area contributed by atoms with Gasteiger partial charge in [-0.2, -0.15) is 0 Å². The van der Waals surface area contributed by atoms with E-state index >= 15 is 0 Å². The standard InChI is InChI=1S/C3H9N.C2H7N/c1-2-3-4;1-3-2/h2-4H2,1H3;3H,1-2H3. The summed E-state index contributed by atoms with van der Waals surface area (Å²) in [5, 5.41) is 2.75. The molecule has 0 aromatic carbocycles. The van der Waals surface area contributed by atoms with E-state index in [1.54, 1.807) is 0 Å². The third-order valence-corrected chi connectivity index (χ3v) is 0.289. The van der Waals surface area contributed by atoms with E-state index in [-0.39, 0.29) is 0 Å². The summed E-state index contributed by atoms with van der Waals surface area (Å²) in [7, 11) is 3.75. The molecule has 2 nitrogen and oxygen atoms in total. The van der Waals surface area contributed by atoms with Gasteiger partial charge in [0.25, 0.3) is 0 Å². The van der Waals surface area contributed by atoms with Crippen molar-refractivity contribution in [3.05, 3.63) is 0 Å². The lowest BCUT2D eigenvalue weighted by molar-refractivity contribution is 0.932. The zero-order valence-corrected chi connectivity index (χ0v) is 5.49. The first-order chi connectivity index (χ1) is 3.33. The fraction of sp³-hybridized carbons (Fsp3) is 1.00. The summed E-state index contributed by atoms with van der Waals surface area (Å²) in [5.41, 5.74) is 5.03. The van der Waals surface area contributed by atoms with Gasteiger partial charge in [0.1, 0.15) is 0 Å². The molecule has 0 heterocycles. The van der Waals surface area contributed by atoms with E-state index in [2.05, 4.69) is 12.2 Å². The van der Waals surface area contributed by atoms with Gasteiger partial charge in [0.2, 0.25) is 0 Å². The first-order valence-corrected chi connectivity index (χ1v) is 2.62. The van der Waals surface area contributed by atoms with Crippen LogP contribution in [0.1, 0.15) is 13.3 Å². The van der Waals surface area contributed by atoms with Crippen molar-refractivity contribution in [2.45, 2.75) is 13.3 Å². The Morgan fingerprint density at radius 3 is 1.57 bits per heavy atom. The fourth-order valence-electron chi connectivity index (χ4n) is 0. The van der Waals surface area contributed by atoms with Gasteiger partial charge in [0.15, 0.2) is 0 Å². The third kappa shape index (κ3) is 107. The molecule has 0 radical (unpaired) electrons. The molecule has 0 aliphatic heterocycles. The first kappa shape index (κ1) is 10.0. The molecule has 0 saturated carbocycles. The Hall–Kier alpha value is -0.0800. The predicted molar refractivity (Wildman–Crippen MR) is 34.3 cm³/mol. The molecule has 0 saturated heterocycles. The third-order valence-electron chi connectivity index (χ3n) is 0.289. The van der Waals surface area contributed by atoms with Gasteiger partial charge in [-0.1, -0.05) is 6.92 Å². The van der Waals surface area contributed by atoms with Crippen molar-refractivity contribution in [3.63, 3.8) is 0 Å². The largest absolute Gasteiger partial charge is 0.330 e. The molecule has 7 heavy (non-hydrogen) atoms. The molecule has 0 aromatic rings. The highest BCUT2D eigenvalue weighted by Crippen LogP contribution is 1.57. The summed E-state index contributed by atoms with van der Waals surface area (Å²) in [6.07, 6.45) is 1.10. The summed E-state index contributed by atoms with van der Waals surface area (Å²) >= 11 is 0. The lowest BCUT2D eigenvalue weighted by Crippen LogP contribution is -1.93. The normalized spacial score (nSPS) is 6.86. The Kier molecular flexibility index (Phi) is 24.1. The zero-order valence-electron chi connectivity index (χ0n) is 5.49. The van der Waals surface area contributed by atoms with E-state index in [9.17, 15) is 0 Å². The van der Waals surface area contributed by atoms with Crippen LogP contribution in [0.25, 0.3) is 0 Å². The van der Waals surface area contributed by atoms with E-state index < -0.39 is 0 Å². The average molecular weight is 104 g/mol. The summed E-state index contributed by atoms with van der Waals surface area (Å²) in [6.45, 7) is 2.88. The molecule has 3 N–H and O–H groups in total. The molecule has 0 aromatic heterocycles. The van der Waals surface area contributed by atoms with E-state index in [1.165, 1.54) is 0 Å². The number of hydrogen-bond donors (Lipinski definition) is 2. The SMILES string of the molecule is CCCN.CNC. The van der Waals surface area contributed by atoms with Crippen molar-refractivity contribution in [1.82, 2.24) is 5.32 Å². The van der Waals surface area contributed by atoms with Gasteiger partial charge in [-0.25, -0.2) is 0 Å². The molecule has 0 atom stereocenters. The molecule has 0 unspecified atom stereocenters. The van der Waals surface area contributed by atoms with Crippen LogP contribution in [-0.2, 0) is 0 Å². The summed E-state index contributed by atoms with van der Waals surface area (Å²) in [5.74, 6) is 0. The van der Waals surface area contributed by atoms with Crippen LogP contribution in [0.3, 0.4) is 0 Å². The molecule has 0 fully saturated rings. The summed E-state index contributed by atoms with van der Waals surface area (Å²) < 4.78 is 0. The van der Waals surface area contributed by atoms with Crippen molar-refractivity contribution >= 4 is 0 Å². The van der Waals surface area contributed by atoms with Crippen LogP contribution in [0.15, 0.2) is 0 Å². The highest BCUT2D eigenvalue weighted by molar-refractivity contribution is 4.19. The van der Waals surface area contributed by atoms with E-state index in [0.717, 1.165) is 13.0 Å². The minimum Gasteiger partial charge on any atom is -0.330 e. The van der Waals surface area contributed by atoms with Crippen LogP contribution >= 0.6 is 0 Å². The number of hydrogen-bond acceptors (Lipinski definition) is 2.